The standard InChI is InChI=1S/C26H41NO2/c1-3-4-5-6-7-8-21-10-12-22(13-11-21)23-14-16-24(17-15-23)26(28)29-25-18-9-20(2)27-19-25/h9,18-19,21-24H,3-8,10-17H2,1-2H3. The number of pyridine rings is 1. The first kappa shape index (κ1) is 22.3. The van der Waals surface area contributed by atoms with Crippen molar-refractivity contribution in [2.75, 3.05) is 0 Å². The predicted molar refractivity (Wildman–Crippen MR) is 119 cm³/mol. The number of rotatable bonds is 9. The van der Waals surface area contributed by atoms with E-state index in [1.807, 2.05) is 19.1 Å². The average molecular weight is 400 g/mol. The van der Waals surface area contributed by atoms with E-state index in [0.29, 0.717) is 5.75 Å². The molecule has 2 aliphatic rings. The van der Waals surface area contributed by atoms with Crippen LogP contribution in [-0.4, -0.2) is 11.0 Å². The molecule has 1 aromatic heterocycles. The van der Waals surface area contributed by atoms with Gasteiger partial charge in [0.15, 0.2) is 0 Å². The summed E-state index contributed by atoms with van der Waals surface area (Å²) in [7, 11) is 0. The fraction of sp³-hybridized carbons (Fsp3) is 0.769. The molecule has 2 saturated carbocycles. The van der Waals surface area contributed by atoms with Crippen LogP contribution < -0.4 is 4.74 Å². The average Bonchev–Trinajstić information content (AvgIpc) is 2.76. The number of ether oxygens (including phenoxy) is 1. The Morgan fingerprint density at radius 1 is 0.931 bits per heavy atom. The number of unbranched alkanes of at least 4 members (excludes halogenated alkanes) is 4. The monoisotopic (exact) mass is 399 g/mol. The highest BCUT2D eigenvalue weighted by atomic mass is 16.5. The predicted octanol–water partition coefficient (Wildman–Crippen LogP) is 7.27. The Hall–Kier alpha value is -1.38. The van der Waals surface area contributed by atoms with Crippen molar-refractivity contribution in [2.24, 2.45) is 23.7 Å². The van der Waals surface area contributed by atoms with Crippen molar-refractivity contribution in [1.82, 2.24) is 4.98 Å². The van der Waals surface area contributed by atoms with Crippen molar-refractivity contribution in [3.05, 3.63) is 24.0 Å². The number of carbonyl (C=O) groups excluding carboxylic acids is 1. The number of hydrogen-bond donors (Lipinski definition) is 0. The number of carbonyl (C=O) groups is 1. The fourth-order valence-corrected chi connectivity index (χ4v) is 5.53. The van der Waals surface area contributed by atoms with Crippen LogP contribution in [0, 0.1) is 30.6 Å². The lowest BCUT2D eigenvalue weighted by molar-refractivity contribution is -0.140. The van der Waals surface area contributed by atoms with E-state index in [1.165, 1.54) is 77.0 Å². The van der Waals surface area contributed by atoms with E-state index in [1.54, 1.807) is 6.20 Å². The van der Waals surface area contributed by atoms with Crippen LogP contribution in [0.1, 0.15) is 103 Å². The summed E-state index contributed by atoms with van der Waals surface area (Å²) in [6.45, 7) is 4.23. The zero-order valence-corrected chi connectivity index (χ0v) is 18.7. The minimum absolute atomic E-state index is 0.0547. The molecule has 0 spiro atoms. The van der Waals surface area contributed by atoms with Crippen molar-refractivity contribution < 1.29 is 9.53 Å². The highest BCUT2D eigenvalue weighted by Crippen LogP contribution is 2.42. The highest BCUT2D eigenvalue weighted by Gasteiger charge is 2.33. The number of aromatic nitrogens is 1. The van der Waals surface area contributed by atoms with Gasteiger partial charge in [0, 0.05) is 5.69 Å². The smallest absolute Gasteiger partial charge is 0.314 e. The van der Waals surface area contributed by atoms with Crippen LogP contribution in [-0.2, 0) is 4.79 Å². The van der Waals surface area contributed by atoms with Gasteiger partial charge in [0.1, 0.15) is 5.75 Å². The lowest BCUT2D eigenvalue weighted by Gasteiger charge is -2.37. The topological polar surface area (TPSA) is 39.2 Å². The summed E-state index contributed by atoms with van der Waals surface area (Å²) in [4.78, 5) is 16.7. The molecular weight excluding hydrogens is 358 g/mol. The number of nitrogens with zero attached hydrogens (tertiary/aromatic N) is 1. The quantitative estimate of drug-likeness (QED) is 0.324. The molecule has 29 heavy (non-hydrogen) atoms. The maximum atomic E-state index is 12.5. The third-order valence-electron chi connectivity index (χ3n) is 7.48. The van der Waals surface area contributed by atoms with Crippen LogP contribution in [0.3, 0.4) is 0 Å². The molecule has 0 radical (unpaired) electrons. The molecule has 2 fully saturated rings. The molecule has 0 saturated heterocycles. The summed E-state index contributed by atoms with van der Waals surface area (Å²) in [6.07, 6.45) is 20.3. The molecule has 0 atom stereocenters. The Bertz CT molecular complexity index is 596. The molecule has 1 aromatic rings. The van der Waals surface area contributed by atoms with Gasteiger partial charge in [-0.05, 0) is 75.3 Å². The molecule has 0 bridgehead atoms. The third-order valence-corrected chi connectivity index (χ3v) is 7.48. The first-order valence-corrected chi connectivity index (χ1v) is 12.3. The maximum Gasteiger partial charge on any atom is 0.314 e. The second kappa shape index (κ2) is 11.7. The zero-order valence-electron chi connectivity index (χ0n) is 18.7. The van der Waals surface area contributed by atoms with Crippen molar-refractivity contribution >= 4 is 5.97 Å². The SMILES string of the molecule is CCCCCCCC1CCC(C2CCC(C(=O)Oc3ccc(C)nc3)CC2)CC1. The van der Waals surface area contributed by atoms with E-state index >= 15 is 0 Å². The van der Waals surface area contributed by atoms with Gasteiger partial charge in [0.25, 0.3) is 0 Å². The van der Waals surface area contributed by atoms with E-state index in [2.05, 4.69) is 11.9 Å². The van der Waals surface area contributed by atoms with Crippen LogP contribution in [0.15, 0.2) is 18.3 Å². The largest absolute Gasteiger partial charge is 0.425 e. The van der Waals surface area contributed by atoms with E-state index in [4.69, 9.17) is 4.74 Å². The summed E-state index contributed by atoms with van der Waals surface area (Å²) in [5.74, 6) is 3.33. The molecule has 0 aromatic carbocycles. The lowest BCUT2D eigenvalue weighted by atomic mass is 9.68. The summed E-state index contributed by atoms with van der Waals surface area (Å²) in [5, 5.41) is 0. The Morgan fingerprint density at radius 2 is 1.59 bits per heavy atom. The fourth-order valence-electron chi connectivity index (χ4n) is 5.53. The van der Waals surface area contributed by atoms with Crippen molar-refractivity contribution in [1.29, 1.82) is 0 Å². The Morgan fingerprint density at radius 3 is 2.21 bits per heavy atom. The highest BCUT2D eigenvalue weighted by molar-refractivity contribution is 5.75. The van der Waals surface area contributed by atoms with E-state index < -0.39 is 0 Å². The van der Waals surface area contributed by atoms with Crippen molar-refractivity contribution in [2.45, 2.75) is 104 Å². The van der Waals surface area contributed by atoms with Crippen LogP contribution >= 0.6 is 0 Å². The second-order valence-corrected chi connectivity index (χ2v) is 9.65. The molecule has 0 aliphatic heterocycles. The molecule has 0 amide bonds. The van der Waals surface area contributed by atoms with E-state index in [0.717, 1.165) is 36.3 Å². The Labute approximate surface area is 178 Å². The van der Waals surface area contributed by atoms with Crippen LogP contribution in [0.2, 0.25) is 0 Å². The van der Waals surface area contributed by atoms with Gasteiger partial charge in [-0.2, -0.15) is 0 Å². The molecule has 0 N–H and O–H groups in total. The molecule has 3 heteroatoms. The Kier molecular flexibility index (Phi) is 9.01. The molecule has 0 unspecified atom stereocenters. The lowest BCUT2D eigenvalue weighted by Crippen LogP contribution is -2.30. The van der Waals surface area contributed by atoms with Gasteiger partial charge >= 0.3 is 5.97 Å². The van der Waals surface area contributed by atoms with Crippen LogP contribution in [0.4, 0.5) is 0 Å². The second-order valence-electron chi connectivity index (χ2n) is 9.65. The first-order valence-electron chi connectivity index (χ1n) is 12.3. The molecule has 2 aliphatic carbocycles. The van der Waals surface area contributed by atoms with Crippen molar-refractivity contribution in [3.63, 3.8) is 0 Å². The van der Waals surface area contributed by atoms with Crippen LogP contribution in [0.25, 0.3) is 0 Å². The van der Waals surface area contributed by atoms with E-state index in [-0.39, 0.29) is 11.9 Å². The van der Waals surface area contributed by atoms with Gasteiger partial charge in [-0.25, -0.2) is 0 Å². The van der Waals surface area contributed by atoms with Gasteiger partial charge < -0.3 is 4.74 Å². The number of esters is 1. The number of aryl methyl sites for hydroxylation is 1. The molecule has 3 nitrogen and oxygen atoms in total. The van der Waals surface area contributed by atoms with E-state index in [9.17, 15) is 4.79 Å². The van der Waals surface area contributed by atoms with Gasteiger partial charge in [0.2, 0.25) is 0 Å². The maximum absolute atomic E-state index is 12.5. The number of hydrogen-bond acceptors (Lipinski definition) is 3. The van der Waals surface area contributed by atoms with Crippen LogP contribution in [0.5, 0.6) is 5.75 Å². The zero-order chi connectivity index (χ0) is 20.5. The minimum atomic E-state index is -0.0547. The third kappa shape index (κ3) is 7.12. The molecular formula is C26H41NO2. The van der Waals surface area contributed by atoms with Gasteiger partial charge in [-0.3, -0.25) is 9.78 Å². The summed E-state index contributed by atoms with van der Waals surface area (Å²) in [6, 6.07) is 3.73. The summed E-state index contributed by atoms with van der Waals surface area (Å²) < 4.78 is 5.56. The van der Waals surface area contributed by atoms with Gasteiger partial charge in [0.05, 0.1) is 12.1 Å². The first-order chi connectivity index (χ1) is 14.2. The molecule has 3 rings (SSSR count). The van der Waals surface area contributed by atoms with Gasteiger partial charge in [-0.15, -0.1) is 0 Å². The molecule has 162 valence electrons. The van der Waals surface area contributed by atoms with Gasteiger partial charge in [-0.1, -0.05) is 58.3 Å². The Balaban J connectivity index is 1.32. The van der Waals surface area contributed by atoms with Crippen molar-refractivity contribution in [3.8, 4) is 5.75 Å². The summed E-state index contributed by atoms with van der Waals surface area (Å²) >= 11 is 0. The molecule has 1 heterocycles. The normalized spacial score (nSPS) is 27.5. The summed E-state index contributed by atoms with van der Waals surface area (Å²) in [5.41, 5.74) is 0.941. The minimum Gasteiger partial charge on any atom is -0.425 e.